The molecule has 18 heavy (non-hydrogen) atoms. The van der Waals surface area contributed by atoms with E-state index in [1.54, 1.807) is 6.07 Å². The van der Waals surface area contributed by atoms with Gasteiger partial charge in [0.25, 0.3) is 5.91 Å². The Morgan fingerprint density at radius 3 is 2.72 bits per heavy atom. The van der Waals surface area contributed by atoms with Gasteiger partial charge >= 0.3 is 0 Å². The normalized spacial score (nSPS) is 19.5. The summed E-state index contributed by atoms with van der Waals surface area (Å²) in [6.45, 7) is 1.85. The lowest BCUT2D eigenvalue weighted by molar-refractivity contribution is 0.100. The van der Waals surface area contributed by atoms with Crippen molar-refractivity contribution in [1.82, 2.24) is 4.90 Å². The molecule has 0 radical (unpaired) electrons. The number of nitrogen functional groups attached to an aromatic ring is 1. The number of nitrogens with two attached hydrogens (primary N) is 2. The smallest absolute Gasteiger partial charge is 0.250 e. The van der Waals surface area contributed by atoms with Crippen LogP contribution in [0, 0.1) is 0 Å². The van der Waals surface area contributed by atoms with Gasteiger partial charge in [-0.25, -0.2) is 0 Å². The average Bonchev–Trinajstić information content (AvgIpc) is 2.78. The number of nitrogens with zero attached hydrogens (tertiary/aromatic N) is 2. The Kier molecular flexibility index (Phi) is 3.43. The van der Waals surface area contributed by atoms with Gasteiger partial charge in [0.15, 0.2) is 0 Å². The fraction of sp³-hybridized carbons (Fsp3) is 0.462. The molecule has 0 bridgehead atoms. The van der Waals surface area contributed by atoms with Crippen LogP contribution in [0.25, 0.3) is 0 Å². The summed E-state index contributed by atoms with van der Waals surface area (Å²) in [7, 11) is 4.15. The van der Waals surface area contributed by atoms with Gasteiger partial charge in [0.1, 0.15) is 0 Å². The molecule has 1 aliphatic rings. The van der Waals surface area contributed by atoms with Crippen molar-refractivity contribution < 1.29 is 4.79 Å². The van der Waals surface area contributed by atoms with Crippen LogP contribution in [0.4, 0.5) is 11.4 Å². The summed E-state index contributed by atoms with van der Waals surface area (Å²) in [5.74, 6) is -0.425. The van der Waals surface area contributed by atoms with Gasteiger partial charge in [-0.15, -0.1) is 0 Å². The van der Waals surface area contributed by atoms with Crippen LogP contribution in [0.2, 0.25) is 0 Å². The Balaban J connectivity index is 2.27. The Bertz CT molecular complexity index is 458. The molecule has 1 heterocycles. The predicted molar refractivity (Wildman–Crippen MR) is 73.7 cm³/mol. The lowest BCUT2D eigenvalue weighted by atomic mass is 10.1. The minimum Gasteiger partial charge on any atom is -0.399 e. The van der Waals surface area contributed by atoms with E-state index in [1.165, 1.54) is 0 Å². The molecule has 0 aliphatic carbocycles. The van der Waals surface area contributed by atoms with Crippen LogP contribution in [0.1, 0.15) is 16.8 Å². The molecular weight excluding hydrogens is 228 g/mol. The van der Waals surface area contributed by atoms with Crippen LogP contribution >= 0.6 is 0 Å². The zero-order valence-corrected chi connectivity index (χ0v) is 10.9. The van der Waals surface area contributed by atoms with E-state index >= 15 is 0 Å². The van der Waals surface area contributed by atoms with E-state index in [-0.39, 0.29) is 0 Å². The van der Waals surface area contributed by atoms with Crippen LogP contribution in [0.5, 0.6) is 0 Å². The summed E-state index contributed by atoms with van der Waals surface area (Å²) >= 11 is 0. The largest absolute Gasteiger partial charge is 0.399 e. The van der Waals surface area contributed by atoms with Crippen LogP contribution in [0.3, 0.4) is 0 Å². The Hall–Kier alpha value is -1.75. The zero-order chi connectivity index (χ0) is 13.3. The number of anilines is 2. The summed E-state index contributed by atoms with van der Waals surface area (Å²) in [6, 6.07) is 5.86. The van der Waals surface area contributed by atoms with Crippen molar-refractivity contribution in [2.24, 2.45) is 5.73 Å². The summed E-state index contributed by atoms with van der Waals surface area (Å²) in [5, 5.41) is 0. The summed E-state index contributed by atoms with van der Waals surface area (Å²) in [4.78, 5) is 15.9. The molecule has 1 amide bonds. The maximum absolute atomic E-state index is 11.5. The SMILES string of the molecule is CN(C)C1CCN(c2ccc(N)cc2C(N)=O)C1. The second kappa shape index (κ2) is 4.86. The minimum atomic E-state index is -0.425. The predicted octanol–water partition coefficient (Wildman–Crippen LogP) is 0.508. The van der Waals surface area contributed by atoms with E-state index in [2.05, 4.69) is 23.9 Å². The molecule has 1 aromatic rings. The van der Waals surface area contributed by atoms with Gasteiger partial charge in [-0.2, -0.15) is 0 Å². The van der Waals surface area contributed by atoms with Gasteiger partial charge in [0.05, 0.1) is 5.56 Å². The van der Waals surface area contributed by atoms with Gasteiger partial charge in [-0.1, -0.05) is 0 Å². The number of carbonyl (C=O) groups is 1. The monoisotopic (exact) mass is 248 g/mol. The van der Waals surface area contributed by atoms with Crippen LogP contribution in [-0.2, 0) is 0 Å². The first-order chi connectivity index (χ1) is 8.49. The Labute approximate surface area is 107 Å². The number of carbonyl (C=O) groups excluding carboxylic acids is 1. The molecule has 0 spiro atoms. The molecule has 5 nitrogen and oxygen atoms in total. The van der Waals surface area contributed by atoms with E-state index in [0.717, 1.165) is 25.2 Å². The van der Waals surface area contributed by atoms with Crippen LogP contribution in [0.15, 0.2) is 18.2 Å². The highest BCUT2D eigenvalue weighted by Gasteiger charge is 2.26. The van der Waals surface area contributed by atoms with E-state index in [1.807, 2.05) is 12.1 Å². The molecule has 0 aromatic heterocycles. The number of primary amides is 1. The van der Waals surface area contributed by atoms with E-state index in [4.69, 9.17) is 11.5 Å². The number of rotatable bonds is 3. The van der Waals surface area contributed by atoms with Crippen molar-refractivity contribution in [1.29, 1.82) is 0 Å². The highest BCUT2D eigenvalue weighted by molar-refractivity contribution is 5.99. The number of hydrogen-bond donors (Lipinski definition) is 2. The minimum absolute atomic E-state index is 0.425. The highest BCUT2D eigenvalue weighted by atomic mass is 16.1. The third-order valence-corrected chi connectivity index (χ3v) is 3.52. The Morgan fingerprint density at radius 2 is 2.17 bits per heavy atom. The van der Waals surface area contributed by atoms with Crippen molar-refractivity contribution in [2.45, 2.75) is 12.5 Å². The van der Waals surface area contributed by atoms with Crippen molar-refractivity contribution in [3.8, 4) is 0 Å². The molecule has 0 saturated carbocycles. The van der Waals surface area contributed by atoms with Crippen molar-refractivity contribution >= 4 is 17.3 Å². The molecule has 1 aliphatic heterocycles. The molecule has 1 fully saturated rings. The summed E-state index contributed by atoms with van der Waals surface area (Å²) in [6.07, 6.45) is 1.09. The third kappa shape index (κ3) is 2.41. The number of hydrogen-bond acceptors (Lipinski definition) is 4. The number of benzene rings is 1. The van der Waals surface area contributed by atoms with Crippen LogP contribution < -0.4 is 16.4 Å². The molecule has 1 saturated heterocycles. The fourth-order valence-electron chi connectivity index (χ4n) is 2.41. The molecule has 1 unspecified atom stereocenters. The second-order valence-corrected chi connectivity index (χ2v) is 4.99. The van der Waals surface area contributed by atoms with Gasteiger partial charge in [0, 0.05) is 30.5 Å². The maximum atomic E-state index is 11.5. The van der Waals surface area contributed by atoms with Crippen molar-refractivity contribution in [2.75, 3.05) is 37.8 Å². The molecule has 2 rings (SSSR count). The lowest BCUT2D eigenvalue weighted by Crippen LogP contribution is -2.32. The maximum Gasteiger partial charge on any atom is 0.250 e. The standard InChI is InChI=1S/C13H20N4O/c1-16(2)10-5-6-17(8-10)12-4-3-9(14)7-11(12)13(15)18/h3-4,7,10H,5-6,8,14H2,1-2H3,(H2,15,18). The average molecular weight is 248 g/mol. The summed E-state index contributed by atoms with van der Waals surface area (Å²) < 4.78 is 0. The molecule has 98 valence electrons. The summed E-state index contributed by atoms with van der Waals surface area (Å²) in [5.41, 5.74) is 13.1. The first-order valence-electron chi connectivity index (χ1n) is 6.09. The van der Waals surface area contributed by atoms with Gasteiger partial charge in [0.2, 0.25) is 0 Å². The van der Waals surface area contributed by atoms with Gasteiger partial charge in [-0.3, -0.25) is 4.79 Å². The van der Waals surface area contributed by atoms with Crippen LogP contribution in [-0.4, -0.2) is 44.0 Å². The van der Waals surface area contributed by atoms with Gasteiger partial charge < -0.3 is 21.3 Å². The number of likely N-dealkylation sites (N-methyl/N-ethyl adjacent to an activating group) is 1. The first kappa shape index (κ1) is 12.7. The van der Waals surface area contributed by atoms with E-state index < -0.39 is 5.91 Å². The van der Waals surface area contributed by atoms with Crippen molar-refractivity contribution in [3.05, 3.63) is 23.8 Å². The third-order valence-electron chi connectivity index (χ3n) is 3.52. The molecule has 1 aromatic carbocycles. The van der Waals surface area contributed by atoms with E-state index in [0.29, 0.717) is 17.3 Å². The molecule has 5 heteroatoms. The molecule has 1 atom stereocenters. The van der Waals surface area contributed by atoms with Gasteiger partial charge in [-0.05, 0) is 38.7 Å². The highest BCUT2D eigenvalue weighted by Crippen LogP contribution is 2.27. The second-order valence-electron chi connectivity index (χ2n) is 4.99. The zero-order valence-electron chi connectivity index (χ0n) is 10.9. The topological polar surface area (TPSA) is 75.6 Å². The van der Waals surface area contributed by atoms with E-state index in [9.17, 15) is 4.79 Å². The lowest BCUT2D eigenvalue weighted by Gasteiger charge is -2.23. The molecular formula is C13H20N4O. The fourth-order valence-corrected chi connectivity index (χ4v) is 2.41. The van der Waals surface area contributed by atoms with Crippen molar-refractivity contribution in [3.63, 3.8) is 0 Å². The Morgan fingerprint density at radius 1 is 1.44 bits per heavy atom. The quantitative estimate of drug-likeness (QED) is 0.764. The first-order valence-corrected chi connectivity index (χ1v) is 6.09. The number of amides is 1. The molecule has 4 N–H and O–H groups in total.